The summed E-state index contributed by atoms with van der Waals surface area (Å²) >= 11 is 0. The Morgan fingerprint density at radius 3 is 2.11 bits per heavy atom. The molecule has 2 atom stereocenters. The Balaban J connectivity index is 1.98. The number of hydrogen-bond acceptors (Lipinski definition) is 9. The number of ether oxygens (including phenoxy) is 4. The van der Waals surface area contributed by atoms with Crippen LogP contribution in [0.25, 0.3) is 0 Å². The lowest BCUT2D eigenvalue weighted by atomic mass is 10.1. The van der Waals surface area contributed by atoms with Crippen LogP contribution in [-0.2, 0) is 38.1 Å². The third kappa shape index (κ3) is 14.9. The van der Waals surface area contributed by atoms with E-state index in [1.165, 1.54) is 4.90 Å². The van der Waals surface area contributed by atoms with Crippen LogP contribution < -0.4 is 16.4 Å². The monoisotopic (exact) mass is 532 g/mol. The standard InChI is InChI=1S/C24H44N4O9/c1-2-3-6-21(30)26-8-11-35-13-15-37-17-16-36-14-12-34-10-7-22(31)28-9-4-5-20(28)24(33)27-19(18-29)23(25)32/h19-20,29H,2-18H2,1H3,(H2,25,32)(H,26,30)(H,27,33)/t19-,20-/m0/s1. The number of nitrogens with zero attached hydrogens (tertiary/aromatic N) is 1. The largest absolute Gasteiger partial charge is 0.394 e. The molecule has 37 heavy (non-hydrogen) atoms. The van der Waals surface area contributed by atoms with E-state index in [2.05, 4.69) is 10.6 Å². The van der Waals surface area contributed by atoms with Crippen molar-refractivity contribution in [2.75, 3.05) is 72.6 Å². The molecule has 1 aliphatic rings. The van der Waals surface area contributed by atoms with E-state index in [9.17, 15) is 19.2 Å². The average molecular weight is 533 g/mol. The highest BCUT2D eigenvalue weighted by Gasteiger charge is 2.35. The number of aliphatic hydroxyl groups excluding tert-OH is 1. The van der Waals surface area contributed by atoms with Crippen molar-refractivity contribution in [3.63, 3.8) is 0 Å². The van der Waals surface area contributed by atoms with E-state index in [-0.39, 0.29) is 24.8 Å². The molecular formula is C24H44N4O9. The number of aliphatic hydroxyl groups is 1. The number of unbranched alkanes of at least 4 members (excludes halogenated alkanes) is 1. The Hall–Kier alpha value is -2.32. The van der Waals surface area contributed by atoms with Crippen molar-refractivity contribution < 1.29 is 43.2 Å². The first-order valence-electron chi connectivity index (χ1n) is 13.0. The number of rotatable bonds is 22. The van der Waals surface area contributed by atoms with Gasteiger partial charge in [-0.25, -0.2) is 0 Å². The molecule has 214 valence electrons. The van der Waals surface area contributed by atoms with Crippen LogP contribution in [0.2, 0.25) is 0 Å². The second-order valence-electron chi connectivity index (χ2n) is 8.54. The van der Waals surface area contributed by atoms with Crippen molar-refractivity contribution in [2.24, 2.45) is 5.73 Å². The zero-order valence-electron chi connectivity index (χ0n) is 21.9. The van der Waals surface area contributed by atoms with E-state index in [1.807, 2.05) is 6.92 Å². The first-order chi connectivity index (χ1) is 17.9. The molecule has 0 aliphatic carbocycles. The molecule has 0 spiro atoms. The second kappa shape index (κ2) is 20.7. The summed E-state index contributed by atoms with van der Waals surface area (Å²) < 4.78 is 21.6. The highest BCUT2D eigenvalue weighted by molar-refractivity contribution is 5.92. The summed E-state index contributed by atoms with van der Waals surface area (Å²) in [6.45, 7) is 5.40. The SMILES string of the molecule is CCCCC(=O)NCCOCCOCCOCCOCCC(=O)N1CCC[C@H]1C(=O)N[C@@H](CO)C(N)=O. The molecule has 1 saturated heterocycles. The van der Waals surface area contributed by atoms with Crippen molar-refractivity contribution >= 4 is 23.6 Å². The van der Waals surface area contributed by atoms with Crippen LogP contribution in [0.5, 0.6) is 0 Å². The molecular weight excluding hydrogens is 488 g/mol. The average Bonchev–Trinajstić information content (AvgIpc) is 3.38. The van der Waals surface area contributed by atoms with E-state index >= 15 is 0 Å². The predicted octanol–water partition coefficient (Wildman–Crippen LogP) is -1.30. The Morgan fingerprint density at radius 2 is 1.54 bits per heavy atom. The molecule has 1 fully saturated rings. The van der Waals surface area contributed by atoms with Crippen molar-refractivity contribution in [2.45, 2.75) is 57.5 Å². The van der Waals surface area contributed by atoms with Crippen molar-refractivity contribution in [1.29, 1.82) is 0 Å². The van der Waals surface area contributed by atoms with Gasteiger partial charge in [-0.2, -0.15) is 0 Å². The topological polar surface area (TPSA) is 179 Å². The Morgan fingerprint density at radius 1 is 0.946 bits per heavy atom. The van der Waals surface area contributed by atoms with Gasteiger partial charge in [-0.15, -0.1) is 0 Å². The number of likely N-dealkylation sites (tertiary alicyclic amines) is 1. The molecule has 0 aromatic carbocycles. The van der Waals surface area contributed by atoms with Crippen molar-refractivity contribution in [3.8, 4) is 0 Å². The minimum atomic E-state index is -1.17. The van der Waals surface area contributed by atoms with Crippen LogP contribution >= 0.6 is 0 Å². The molecule has 0 aromatic rings. The van der Waals surface area contributed by atoms with Crippen LogP contribution in [0.15, 0.2) is 0 Å². The molecule has 1 aliphatic heterocycles. The zero-order chi connectivity index (χ0) is 27.3. The number of primary amides is 1. The molecule has 0 unspecified atom stereocenters. The quantitative estimate of drug-likeness (QED) is 0.123. The molecule has 4 amide bonds. The van der Waals surface area contributed by atoms with E-state index in [0.717, 1.165) is 12.8 Å². The van der Waals surface area contributed by atoms with Gasteiger partial charge in [-0.3, -0.25) is 19.2 Å². The van der Waals surface area contributed by atoms with Gasteiger partial charge in [-0.1, -0.05) is 13.3 Å². The van der Waals surface area contributed by atoms with Crippen LogP contribution in [0.3, 0.4) is 0 Å². The summed E-state index contributed by atoms with van der Waals surface area (Å²) in [7, 11) is 0. The van der Waals surface area contributed by atoms with Gasteiger partial charge in [0.15, 0.2) is 0 Å². The van der Waals surface area contributed by atoms with Gasteiger partial charge in [0.05, 0.1) is 65.9 Å². The van der Waals surface area contributed by atoms with E-state index < -0.39 is 30.5 Å². The third-order valence-corrected chi connectivity index (χ3v) is 5.62. The maximum atomic E-state index is 12.5. The summed E-state index contributed by atoms with van der Waals surface area (Å²) in [4.78, 5) is 49.0. The first kappa shape index (κ1) is 32.7. The second-order valence-corrected chi connectivity index (χ2v) is 8.54. The van der Waals surface area contributed by atoms with Gasteiger partial charge in [0.25, 0.3) is 0 Å². The normalized spacial score (nSPS) is 15.9. The molecule has 0 saturated carbocycles. The van der Waals surface area contributed by atoms with Gasteiger partial charge in [-0.05, 0) is 19.3 Å². The molecule has 0 aromatic heterocycles. The minimum Gasteiger partial charge on any atom is -0.394 e. The van der Waals surface area contributed by atoms with Crippen LogP contribution in [0.1, 0.15) is 45.4 Å². The summed E-state index contributed by atoms with van der Waals surface area (Å²) in [6, 6.07) is -1.86. The Kier molecular flexibility index (Phi) is 18.3. The van der Waals surface area contributed by atoms with Gasteiger partial charge < -0.3 is 45.3 Å². The maximum Gasteiger partial charge on any atom is 0.243 e. The number of hydrogen-bond donors (Lipinski definition) is 4. The molecule has 1 heterocycles. The predicted molar refractivity (Wildman–Crippen MR) is 133 cm³/mol. The zero-order valence-corrected chi connectivity index (χ0v) is 21.9. The smallest absolute Gasteiger partial charge is 0.243 e. The highest BCUT2D eigenvalue weighted by Crippen LogP contribution is 2.18. The fourth-order valence-electron chi connectivity index (χ4n) is 3.57. The summed E-state index contributed by atoms with van der Waals surface area (Å²) in [5, 5.41) is 14.3. The number of carbonyl (C=O) groups excluding carboxylic acids is 4. The number of nitrogens with two attached hydrogens (primary N) is 1. The summed E-state index contributed by atoms with van der Waals surface area (Å²) in [5.74, 6) is -1.50. The molecule has 5 N–H and O–H groups in total. The lowest BCUT2D eigenvalue weighted by molar-refractivity contribution is -0.140. The van der Waals surface area contributed by atoms with E-state index in [1.54, 1.807) is 0 Å². The van der Waals surface area contributed by atoms with Gasteiger partial charge in [0.2, 0.25) is 23.6 Å². The third-order valence-electron chi connectivity index (χ3n) is 5.62. The molecule has 1 rings (SSSR count). The van der Waals surface area contributed by atoms with Crippen LogP contribution in [0.4, 0.5) is 0 Å². The lowest BCUT2D eigenvalue weighted by Crippen LogP contribution is -2.53. The Bertz CT molecular complexity index is 681. The summed E-state index contributed by atoms with van der Waals surface area (Å²) in [5.41, 5.74) is 5.13. The van der Waals surface area contributed by atoms with Gasteiger partial charge >= 0.3 is 0 Å². The fourth-order valence-corrected chi connectivity index (χ4v) is 3.57. The molecule has 0 radical (unpaired) electrons. The number of carbonyl (C=O) groups is 4. The lowest BCUT2D eigenvalue weighted by Gasteiger charge is -2.25. The number of amides is 4. The number of nitrogens with one attached hydrogen (secondary N) is 2. The molecule has 13 nitrogen and oxygen atoms in total. The highest BCUT2D eigenvalue weighted by atomic mass is 16.6. The molecule has 13 heteroatoms. The van der Waals surface area contributed by atoms with Gasteiger partial charge in [0, 0.05) is 19.5 Å². The van der Waals surface area contributed by atoms with Gasteiger partial charge in [0.1, 0.15) is 12.1 Å². The fraction of sp³-hybridized carbons (Fsp3) is 0.833. The first-order valence-corrected chi connectivity index (χ1v) is 13.0. The molecule has 0 bridgehead atoms. The van der Waals surface area contributed by atoms with E-state index in [0.29, 0.717) is 78.6 Å². The van der Waals surface area contributed by atoms with Crippen molar-refractivity contribution in [3.05, 3.63) is 0 Å². The van der Waals surface area contributed by atoms with Crippen LogP contribution in [-0.4, -0.2) is 118 Å². The maximum absolute atomic E-state index is 12.5. The van der Waals surface area contributed by atoms with Crippen molar-refractivity contribution in [1.82, 2.24) is 15.5 Å². The van der Waals surface area contributed by atoms with Crippen LogP contribution in [0, 0.1) is 0 Å². The van der Waals surface area contributed by atoms with E-state index in [4.69, 9.17) is 29.8 Å². The summed E-state index contributed by atoms with van der Waals surface area (Å²) in [6.07, 6.45) is 3.71. The minimum absolute atomic E-state index is 0.0509. The Labute approximate surface area is 218 Å².